The summed E-state index contributed by atoms with van der Waals surface area (Å²) in [6.45, 7) is 1.54. The monoisotopic (exact) mass is 735 g/mol. The number of fused-ring (bicyclic) bond motifs is 4. The summed E-state index contributed by atoms with van der Waals surface area (Å²) in [5.74, 6) is -10.7. The number of benzene rings is 3. The number of rotatable bonds is 6. The molecule has 1 N–H and O–H groups in total. The maximum atomic E-state index is 15.0. The van der Waals surface area contributed by atoms with Crippen molar-refractivity contribution in [1.82, 2.24) is 0 Å². The van der Waals surface area contributed by atoms with Crippen molar-refractivity contribution in [2.24, 2.45) is 29.1 Å². The Kier molecular flexibility index (Phi) is 7.93. The molecule has 6 atom stereocenters. The highest BCUT2D eigenvalue weighted by Gasteiger charge is 2.67. The van der Waals surface area contributed by atoms with Gasteiger partial charge in [-0.25, -0.2) is 18.6 Å². The van der Waals surface area contributed by atoms with Crippen LogP contribution in [-0.2, 0) is 19.2 Å². The number of carbonyl (C=O) groups excluding carboxylic acids is 4. The van der Waals surface area contributed by atoms with Gasteiger partial charge in [-0.15, -0.1) is 0 Å². The molecule has 2 heterocycles. The first-order chi connectivity index (χ1) is 24.5. The van der Waals surface area contributed by atoms with Crippen molar-refractivity contribution in [3.05, 3.63) is 103 Å². The Morgan fingerprint density at radius 3 is 2.10 bits per heavy atom. The van der Waals surface area contributed by atoms with Crippen LogP contribution in [0.25, 0.3) is 0 Å². The topological polar surface area (TPSA) is 185 Å². The van der Waals surface area contributed by atoms with Crippen molar-refractivity contribution in [1.29, 1.82) is 0 Å². The molecule has 52 heavy (non-hydrogen) atoms. The van der Waals surface area contributed by atoms with Gasteiger partial charge >= 0.3 is 11.4 Å². The standard InChI is InChI=1S/C35H28ClF2N5O9/c1-35-21(32(46)41(34(35)48)16-5-8-23(37)22(36)11-16)14-20-18(29(35)15-4-9-27(44)24(38)10-15)6-7-19-28(20)33(47)40(31(19)45)17-12-25(42(49)50)30(39(2)3)26(13-17)43(51)52/h4-6,8-13,19-21,28-29,44H,7,14H2,1-3H3/t19-,20+,21-,28-,29-,35+/m0/s1. The van der Waals surface area contributed by atoms with Crippen LogP contribution in [-0.4, -0.2) is 52.7 Å². The molecule has 2 aliphatic heterocycles. The van der Waals surface area contributed by atoms with Crippen molar-refractivity contribution in [3.8, 4) is 5.75 Å². The zero-order valence-corrected chi connectivity index (χ0v) is 28.3. The van der Waals surface area contributed by atoms with E-state index in [1.54, 1.807) is 13.0 Å². The molecule has 14 nitrogen and oxygen atoms in total. The van der Waals surface area contributed by atoms with Gasteiger partial charge < -0.3 is 10.0 Å². The van der Waals surface area contributed by atoms with Gasteiger partial charge in [0, 0.05) is 32.1 Å². The Bertz CT molecular complexity index is 2180. The predicted molar refractivity (Wildman–Crippen MR) is 181 cm³/mol. The maximum Gasteiger partial charge on any atom is 0.301 e. The molecule has 0 unspecified atom stereocenters. The highest BCUT2D eigenvalue weighted by atomic mass is 35.5. The summed E-state index contributed by atoms with van der Waals surface area (Å²) in [6.07, 6.45) is 1.50. The molecule has 0 spiro atoms. The first kappa shape index (κ1) is 34.7. The Balaban J connectivity index is 1.36. The summed E-state index contributed by atoms with van der Waals surface area (Å²) in [6, 6.07) is 8.72. The van der Waals surface area contributed by atoms with Crippen LogP contribution >= 0.6 is 11.6 Å². The lowest BCUT2D eigenvalue weighted by Gasteiger charge is -2.49. The fraction of sp³-hybridized carbons (Fsp3) is 0.314. The first-order valence-electron chi connectivity index (χ1n) is 16.0. The van der Waals surface area contributed by atoms with E-state index in [1.807, 2.05) is 0 Å². The quantitative estimate of drug-likeness (QED) is 0.144. The van der Waals surface area contributed by atoms with Crippen LogP contribution in [0.4, 0.5) is 37.2 Å². The van der Waals surface area contributed by atoms with Crippen molar-refractivity contribution in [2.75, 3.05) is 28.8 Å². The van der Waals surface area contributed by atoms with Gasteiger partial charge in [0.2, 0.25) is 23.6 Å². The van der Waals surface area contributed by atoms with Gasteiger partial charge in [0.15, 0.2) is 17.3 Å². The van der Waals surface area contributed by atoms with E-state index in [1.165, 1.54) is 31.1 Å². The number of amides is 4. The van der Waals surface area contributed by atoms with Gasteiger partial charge in [-0.1, -0.05) is 29.3 Å². The molecule has 2 saturated heterocycles. The largest absolute Gasteiger partial charge is 0.505 e. The number of phenolic OH excluding ortho intramolecular Hbond substituents is 1. The van der Waals surface area contributed by atoms with Gasteiger partial charge in [0.05, 0.1) is 49.4 Å². The van der Waals surface area contributed by atoms with E-state index in [-0.39, 0.29) is 40.5 Å². The van der Waals surface area contributed by atoms with Crippen LogP contribution in [0.15, 0.2) is 60.2 Å². The summed E-state index contributed by atoms with van der Waals surface area (Å²) in [5.41, 5.74) is -3.06. The van der Waals surface area contributed by atoms with E-state index in [0.29, 0.717) is 10.5 Å². The number of nitrogens with zero attached hydrogens (tertiary/aromatic N) is 5. The lowest BCUT2D eigenvalue weighted by atomic mass is 9.51. The fourth-order valence-corrected chi connectivity index (χ4v) is 8.85. The normalized spacial score (nSPS) is 26.6. The predicted octanol–water partition coefficient (Wildman–Crippen LogP) is 5.64. The molecule has 0 radical (unpaired) electrons. The molecule has 0 aromatic heterocycles. The van der Waals surface area contributed by atoms with Crippen LogP contribution < -0.4 is 14.7 Å². The van der Waals surface area contributed by atoms with Crippen molar-refractivity contribution >= 4 is 63.7 Å². The van der Waals surface area contributed by atoms with E-state index in [2.05, 4.69) is 0 Å². The summed E-state index contributed by atoms with van der Waals surface area (Å²) >= 11 is 6.01. The summed E-state index contributed by atoms with van der Waals surface area (Å²) < 4.78 is 29.1. The minimum atomic E-state index is -1.59. The zero-order valence-electron chi connectivity index (χ0n) is 27.6. The number of imide groups is 2. The van der Waals surface area contributed by atoms with Gasteiger partial charge in [0.25, 0.3) is 0 Å². The van der Waals surface area contributed by atoms with Crippen LogP contribution in [0, 0.1) is 60.9 Å². The third-order valence-corrected chi connectivity index (χ3v) is 11.2. The van der Waals surface area contributed by atoms with Gasteiger partial charge in [-0.3, -0.25) is 39.4 Å². The van der Waals surface area contributed by atoms with Crippen LogP contribution in [0.1, 0.15) is 31.2 Å². The lowest BCUT2D eigenvalue weighted by Crippen LogP contribution is -2.48. The molecule has 3 fully saturated rings. The van der Waals surface area contributed by atoms with Gasteiger partial charge in [0.1, 0.15) is 5.82 Å². The fourth-order valence-electron chi connectivity index (χ4n) is 8.68. The average molecular weight is 736 g/mol. The molecule has 268 valence electrons. The number of anilines is 3. The van der Waals surface area contributed by atoms with E-state index in [9.17, 15) is 53.3 Å². The molecule has 4 amide bonds. The Morgan fingerprint density at radius 2 is 1.52 bits per heavy atom. The Labute approximate surface area is 298 Å². The number of aromatic hydroxyl groups is 1. The third-order valence-electron chi connectivity index (χ3n) is 10.9. The first-order valence-corrected chi connectivity index (χ1v) is 16.4. The number of allylic oxidation sites excluding steroid dienone is 2. The molecule has 1 saturated carbocycles. The molecule has 2 aliphatic carbocycles. The maximum absolute atomic E-state index is 15.0. The number of hydrogen-bond donors (Lipinski definition) is 1. The minimum Gasteiger partial charge on any atom is -0.505 e. The van der Waals surface area contributed by atoms with Gasteiger partial charge in [-0.05, 0) is 61.6 Å². The summed E-state index contributed by atoms with van der Waals surface area (Å²) in [7, 11) is 2.74. The van der Waals surface area contributed by atoms with Crippen molar-refractivity contribution < 1.29 is 42.9 Å². The Morgan fingerprint density at radius 1 is 0.865 bits per heavy atom. The van der Waals surface area contributed by atoms with E-state index >= 15 is 0 Å². The third kappa shape index (κ3) is 4.80. The molecule has 3 aromatic carbocycles. The number of hydrogen-bond acceptors (Lipinski definition) is 10. The second-order valence-corrected chi connectivity index (χ2v) is 14.1. The highest BCUT2D eigenvalue weighted by Crippen LogP contribution is 2.64. The molecule has 4 aliphatic rings. The zero-order chi connectivity index (χ0) is 37.7. The highest BCUT2D eigenvalue weighted by molar-refractivity contribution is 6.32. The lowest BCUT2D eigenvalue weighted by molar-refractivity contribution is -0.392. The average Bonchev–Trinajstić information content (AvgIpc) is 3.46. The summed E-state index contributed by atoms with van der Waals surface area (Å²) in [4.78, 5) is 82.4. The SMILES string of the molecule is CN(C)c1c([N+](=O)[O-])cc(N2C(=O)[C@H]3[C@H](CC=C4[C@H]3C[C@H]3C(=O)N(c5ccc(F)c(Cl)c5)C(=O)[C@@]3(C)[C@H]4c3ccc(O)c(F)c3)C2=O)cc1[N+](=O)[O-]. The van der Waals surface area contributed by atoms with Crippen LogP contribution in [0.3, 0.4) is 0 Å². The van der Waals surface area contributed by atoms with Crippen LogP contribution in [0.5, 0.6) is 5.75 Å². The molecule has 0 bridgehead atoms. The van der Waals surface area contributed by atoms with Crippen molar-refractivity contribution in [3.63, 3.8) is 0 Å². The number of halogens is 3. The number of carbonyl (C=O) groups is 4. The van der Waals surface area contributed by atoms with Crippen LogP contribution in [0.2, 0.25) is 5.02 Å². The minimum absolute atomic E-state index is 0.00912. The smallest absolute Gasteiger partial charge is 0.301 e. The van der Waals surface area contributed by atoms with E-state index in [0.717, 1.165) is 41.3 Å². The Hall–Kier alpha value is -5.77. The molecule has 17 heteroatoms. The molecular weight excluding hydrogens is 708 g/mol. The summed E-state index contributed by atoms with van der Waals surface area (Å²) in [5, 5.41) is 33.8. The van der Waals surface area contributed by atoms with Crippen molar-refractivity contribution in [2.45, 2.75) is 25.7 Å². The molecular formula is C35H28ClF2N5O9. The number of nitro groups is 2. The number of nitro benzene ring substituents is 2. The van der Waals surface area contributed by atoms with Gasteiger partial charge in [-0.2, -0.15) is 0 Å². The molecule has 7 rings (SSSR count). The number of phenols is 1. The second kappa shape index (κ2) is 11.9. The molecule has 3 aromatic rings. The van der Waals surface area contributed by atoms with E-state index in [4.69, 9.17) is 11.6 Å². The van der Waals surface area contributed by atoms with E-state index < -0.39 is 97.2 Å². The second-order valence-electron chi connectivity index (χ2n) is 13.7.